The van der Waals surface area contributed by atoms with Gasteiger partial charge in [0.15, 0.2) is 0 Å². The minimum atomic E-state index is 0.156. The predicted octanol–water partition coefficient (Wildman–Crippen LogP) is 2.41. The van der Waals surface area contributed by atoms with Gasteiger partial charge in [0.05, 0.1) is 0 Å². The molecule has 112 valence electrons. The van der Waals surface area contributed by atoms with Crippen molar-refractivity contribution in [3.63, 3.8) is 0 Å². The van der Waals surface area contributed by atoms with E-state index in [-0.39, 0.29) is 6.04 Å². The first-order valence-electron chi connectivity index (χ1n) is 7.81. The standard InChI is InChI=1S/C17H29N3/c1-14-6-4-7-16(12-14)17(18)8-11-20-10-5-9-19(3)13-15(20)2/h4,6-7,12,15,17H,5,8-11,13,18H2,1-3H3. The van der Waals surface area contributed by atoms with Crippen LogP contribution < -0.4 is 5.73 Å². The third kappa shape index (κ3) is 4.30. The summed E-state index contributed by atoms with van der Waals surface area (Å²) in [5.74, 6) is 0. The summed E-state index contributed by atoms with van der Waals surface area (Å²) in [4.78, 5) is 5.03. The van der Waals surface area contributed by atoms with Gasteiger partial charge in [0.2, 0.25) is 0 Å². The van der Waals surface area contributed by atoms with E-state index in [1.165, 1.54) is 37.2 Å². The summed E-state index contributed by atoms with van der Waals surface area (Å²) >= 11 is 0. The Bertz CT molecular complexity index is 418. The summed E-state index contributed by atoms with van der Waals surface area (Å²) in [6, 6.07) is 9.38. The molecule has 0 aromatic heterocycles. The highest BCUT2D eigenvalue weighted by Gasteiger charge is 2.20. The molecule has 1 aliphatic rings. The Morgan fingerprint density at radius 2 is 2.15 bits per heavy atom. The maximum atomic E-state index is 6.36. The van der Waals surface area contributed by atoms with Gasteiger partial charge in [-0.15, -0.1) is 0 Å². The van der Waals surface area contributed by atoms with E-state index < -0.39 is 0 Å². The molecule has 3 nitrogen and oxygen atoms in total. The molecule has 1 saturated heterocycles. The molecule has 2 atom stereocenters. The number of nitrogens with zero attached hydrogens (tertiary/aromatic N) is 2. The predicted molar refractivity (Wildman–Crippen MR) is 85.9 cm³/mol. The van der Waals surface area contributed by atoms with Crippen molar-refractivity contribution in [2.75, 3.05) is 33.2 Å². The van der Waals surface area contributed by atoms with E-state index in [1.54, 1.807) is 0 Å². The molecule has 1 aliphatic heterocycles. The van der Waals surface area contributed by atoms with Crippen LogP contribution in [0.2, 0.25) is 0 Å². The van der Waals surface area contributed by atoms with Gasteiger partial charge in [-0.1, -0.05) is 29.8 Å². The second-order valence-electron chi connectivity index (χ2n) is 6.31. The van der Waals surface area contributed by atoms with Crippen LogP contribution in [0.25, 0.3) is 0 Å². The average Bonchev–Trinajstić information content (AvgIpc) is 2.57. The number of nitrogens with two attached hydrogens (primary N) is 1. The van der Waals surface area contributed by atoms with Crippen molar-refractivity contribution in [3.05, 3.63) is 35.4 Å². The van der Waals surface area contributed by atoms with Crippen molar-refractivity contribution in [2.24, 2.45) is 5.73 Å². The van der Waals surface area contributed by atoms with Crippen LogP contribution in [-0.2, 0) is 0 Å². The molecule has 2 unspecified atom stereocenters. The second-order valence-corrected chi connectivity index (χ2v) is 6.31. The van der Waals surface area contributed by atoms with Crippen molar-refractivity contribution in [2.45, 2.75) is 38.8 Å². The largest absolute Gasteiger partial charge is 0.324 e. The minimum Gasteiger partial charge on any atom is -0.324 e. The fourth-order valence-corrected chi connectivity index (χ4v) is 3.13. The number of aryl methyl sites for hydroxylation is 1. The molecule has 1 heterocycles. The van der Waals surface area contributed by atoms with Crippen LogP contribution >= 0.6 is 0 Å². The quantitative estimate of drug-likeness (QED) is 0.916. The molecule has 2 rings (SSSR count). The Morgan fingerprint density at radius 3 is 2.90 bits per heavy atom. The number of hydrogen-bond donors (Lipinski definition) is 1. The molecule has 1 aromatic rings. The Labute approximate surface area is 123 Å². The first kappa shape index (κ1) is 15.5. The van der Waals surface area contributed by atoms with E-state index in [0.29, 0.717) is 6.04 Å². The van der Waals surface area contributed by atoms with Gasteiger partial charge in [0.1, 0.15) is 0 Å². The average molecular weight is 275 g/mol. The number of benzene rings is 1. The highest BCUT2D eigenvalue weighted by molar-refractivity contribution is 5.24. The zero-order valence-corrected chi connectivity index (χ0v) is 13.2. The minimum absolute atomic E-state index is 0.156. The van der Waals surface area contributed by atoms with E-state index in [2.05, 4.69) is 55.0 Å². The van der Waals surface area contributed by atoms with Gasteiger partial charge >= 0.3 is 0 Å². The summed E-state index contributed by atoms with van der Waals surface area (Å²) < 4.78 is 0. The van der Waals surface area contributed by atoms with E-state index in [0.717, 1.165) is 13.0 Å². The summed E-state index contributed by atoms with van der Waals surface area (Å²) in [6.45, 7) is 9.14. The van der Waals surface area contributed by atoms with Crippen LogP contribution in [-0.4, -0.2) is 49.1 Å². The van der Waals surface area contributed by atoms with Crippen LogP contribution in [0.4, 0.5) is 0 Å². The molecule has 0 radical (unpaired) electrons. The Kier molecular flexibility index (Phi) is 5.58. The highest BCUT2D eigenvalue weighted by atomic mass is 15.2. The number of hydrogen-bond acceptors (Lipinski definition) is 3. The third-order valence-electron chi connectivity index (χ3n) is 4.38. The third-order valence-corrected chi connectivity index (χ3v) is 4.38. The lowest BCUT2D eigenvalue weighted by Crippen LogP contribution is -2.39. The van der Waals surface area contributed by atoms with Crippen molar-refractivity contribution in [1.82, 2.24) is 9.80 Å². The van der Waals surface area contributed by atoms with Crippen LogP contribution in [0.3, 0.4) is 0 Å². The fourth-order valence-electron chi connectivity index (χ4n) is 3.13. The van der Waals surface area contributed by atoms with Crippen molar-refractivity contribution < 1.29 is 0 Å². The lowest BCUT2D eigenvalue weighted by Gasteiger charge is -2.29. The van der Waals surface area contributed by atoms with Crippen LogP contribution in [0.5, 0.6) is 0 Å². The van der Waals surface area contributed by atoms with Crippen molar-refractivity contribution in [1.29, 1.82) is 0 Å². The molecular weight excluding hydrogens is 246 g/mol. The maximum absolute atomic E-state index is 6.36. The van der Waals surface area contributed by atoms with E-state index in [1.807, 2.05) is 0 Å². The molecular formula is C17H29N3. The van der Waals surface area contributed by atoms with Gasteiger partial charge < -0.3 is 10.6 Å². The molecule has 2 N–H and O–H groups in total. The molecule has 20 heavy (non-hydrogen) atoms. The Morgan fingerprint density at radius 1 is 1.35 bits per heavy atom. The molecule has 3 heteroatoms. The molecule has 1 fully saturated rings. The van der Waals surface area contributed by atoms with E-state index in [4.69, 9.17) is 5.73 Å². The smallest absolute Gasteiger partial charge is 0.0307 e. The number of likely N-dealkylation sites (N-methyl/N-ethyl adjacent to an activating group) is 1. The first-order chi connectivity index (χ1) is 9.56. The van der Waals surface area contributed by atoms with Crippen LogP contribution in [0.1, 0.15) is 36.9 Å². The lowest BCUT2D eigenvalue weighted by molar-refractivity contribution is 0.196. The van der Waals surface area contributed by atoms with Crippen LogP contribution in [0.15, 0.2) is 24.3 Å². The summed E-state index contributed by atoms with van der Waals surface area (Å²) in [7, 11) is 2.22. The zero-order chi connectivity index (χ0) is 14.5. The van der Waals surface area contributed by atoms with E-state index >= 15 is 0 Å². The molecule has 0 amide bonds. The molecule has 0 bridgehead atoms. The van der Waals surface area contributed by atoms with E-state index in [9.17, 15) is 0 Å². The Hall–Kier alpha value is -0.900. The molecule has 0 aliphatic carbocycles. The van der Waals surface area contributed by atoms with Gasteiger partial charge in [-0.2, -0.15) is 0 Å². The van der Waals surface area contributed by atoms with Crippen molar-refractivity contribution >= 4 is 0 Å². The molecule has 1 aromatic carbocycles. The summed E-state index contributed by atoms with van der Waals surface area (Å²) in [5, 5.41) is 0. The van der Waals surface area contributed by atoms with Gasteiger partial charge in [-0.25, -0.2) is 0 Å². The van der Waals surface area contributed by atoms with Gasteiger partial charge in [0.25, 0.3) is 0 Å². The van der Waals surface area contributed by atoms with Gasteiger partial charge in [-0.05, 0) is 52.4 Å². The molecule has 0 saturated carbocycles. The monoisotopic (exact) mass is 275 g/mol. The zero-order valence-electron chi connectivity index (χ0n) is 13.2. The van der Waals surface area contributed by atoms with Crippen LogP contribution in [0, 0.1) is 6.92 Å². The Balaban J connectivity index is 1.87. The SMILES string of the molecule is Cc1cccc(C(N)CCN2CCCN(C)CC2C)c1. The normalized spacial score (nSPS) is 23.5. The highest BCUT2D eigenvalue weighted by Crippen LogP contribution is 2.17. The summed E-state index contributed by atoms with van der Waals surface area (Å²) in [5.41, 5.74) is 8.92. The first-order valence-corrected chi connectivity index (χ1v) is 7.81. The molecule has 0 spiro atoms. The van der Waals surface area contributed by atoms with Gasteiger partial charge in [0, 0.05) is 25.2 Å². The summed E-state index contributed by atoms with van der Waals surface area (Å²) in [6.07, 6.45) is 2.30. The fraction of sp³-hybridized carbons (Fsp3) is 0.647. The van der Waals surface area contributed by atoms with Crippen molar-refractivity contribution in [3.8, 4) is 0 Å². The topological polar surface area (TPSA) is 32.5 Å². The van der Waals surface area contributed by atoms with Gasteiger partial charge in [-0.3, -0.25) is 4.90 Å². The maximum Gasteiger partial charge on any atom is 0.0307 e. The second kappa shape index (κ2) is 7.21. The number of rotatable bonds is 4. The lowest BCUT2D eigenvalue weighted by atomic mass is 10.0.